The Balaban J connectivity index is 4.56. The Kier molecular flexibility index (Phi) is 10.5. The third kappa shape index (κ3) is 9.76. The van der Waals surface area contributed by atoms with Crippen LogP contribution in [0.2, 0.25) is 0 Å². The third-order valence-electron chi connectivity index (χ3n) is 3.28. The summed E-state index contributed by atoms with van der Waals surface area (Å²) in [6, 6.07) is 0. The van der Waals surface area contributed by atoms with Gasteiger partial charge in [-0.3, -0.25) is 8.37 Å². The molecule has 0 aliphatic heterocycles. The molecule has 0 spiro atoms. The van der Waals surface area contributed by atoms with Gasteiger partial charge in [0, 0.05) is 0 Å². The molecule has 0 fully saturated rings. The van der Waals surface area contributed by atoms with Crippen LogP contribution in [0, 0.1) is 0 Å². The van der Waals surface area contributed by atoms with E-state index in [1.165, 1.54) is 0 Å². The Morgan fingerprint density at radius 1 is 0.682 bits per heavy atom. The van der Waals surface area contributed by atoms with Crippen LogP contribution in [0.25, 0.3) is 0 Å². The monoisotopic (exact) mass is 358 g/mol. The zero-order chi connectivity index (χ0) is 17.2. The number of hydrogen-bond donors (Lipinski definition) is 0. The highest BCUT2D eigenvalue weighted by Gasteiger charge is 2.24. The molecule has 0 radical (unpaired) electrons. The summed E-state index contributed by atoms with van der Waals surface area (Å²) < 4.78 is 57.5. The maximum atomic E-state index is 11.9. The van der Waals surface area contributed by atoms with E-state index in [-0.39, 0.29) is 12.2 Å². The van der Waals surface area contributed by atoms with Crippen molar-refractivity contribution in [2.24, 2.45) is 0 Å². The van der Waals surface area contributed by atoms with Crippen LogP contribution >= 0.6 is 0 Å². The van der Waals surface area contributed by atoms with E-state index in [0.29, 0.717) is 25.7 Å². The van der Waals surface area contributed by atoms with Gasteiger partial charge in [-0.05, 0) is 25.7 Å². The van der Waals surface area contributed by atoms with Crippen molar-refractivity contribution in [1.29, 1.82) is 0 Å². The Bertz CT molecular complexity index is 437. The molecule has 0 saturated heterocycles. The van der Waals surface area contributed by atoms with Gasteiger partial charge in [-0.1, -0.05) is 40.5 Å². The minimum Gasteiger partial charge on any atom is -0.267 e. The molecule has 134 valence electrons. The SMILES string of the molecule is CCCC(CC)OS(=O)(=O)CCS(=O)(=O)OC(CC)CCC. The zero-order valence-corrected chi connectivity index (χ0v) is 15.7. The summed E-state index contributed by atoms with van der Waals surface area (Å²) in [4.78, 5) is 0. The van der Waals surface area contributed by atoms with E-state index in [0.717, 1.165) is 12.8 Å². The van der Waals surface area contributed by atoms with Crippen LogP contribution in [0.3, 0.4) is 0 Å². The highest BCUT2D eigenvalue weighted by Crippen LogP contribution is 2.14. The fourth-order valence-electron chi connectivity index (χ4n) is 2.00. The first-order valence-electron chi connectivity index (χ1n) is 8.01. The highest BCUT2D eigenvalue weighted by molar-refractivity contribution is 7.90. The summed E-state index contributed by atoms with van der Waals surface area (Å²) in [6.45, 7) is 7.56. The van der Waals surface area contributed by atoms with Crippen molar-refractivity contribution in [2.45, 2.75) is 78.4 Å². The van der Waals surface area contributed by atoms with E-state index in [1.807, 2.05) is 27.7 Å². The van der Waals surface area contributed by atoms with E-state index < -0.39 is 31.7 Å². The van der Waals surface area contributed by atoms with Crippen LogP contribution < -0.4 is 0 Å². The second-order valence-electron chi connectivity index (χ2n) is 5.35. The summed E-state index contributed by atoms with van der Waals surface area (Å²) in [7, 11) is -7.72. The molecule has 0 rings (SSSR count). The Morgan fingerprint density at radius 3 is 1.23 bits per heavy atom. The van der Waals surface area contributed by atoms with Crippen molar-refractivity contribution in [1.82, 2.24) is 0 Å². The van der Waals surface area contributed by atoms with Gasteiger partial charge in [0.05, 0.1) is 23.7 Å². The Hall–Kier alpha value is -0.180. The molecular formula is C14H30O6S2. The predicted octanol–water partition coefficient (Wildman–Crippen LogP) is 2.84. The molecule has 0 aromatic rings. The highest BCUT2D eigenvalue weighted by atomic mass is 32.2. The van der Waals surface area contributed by atoms with E-state index in [2.05, 4.69) is 0 Å². The molecule has 8 heteroatoms. The fourth-order valence-corrected chi connectivity index (χ4v) is 5.12. The largest absolute Gasteiger partial charge is 0.268 e. The van der Waals surface area contributed by atoms with E-state index in [1.54, 1.807) is 0 Å². The first-order chi connectivity index (χ1) is 10.2. The number of rotatable bonds is 13. The van der Waals surface area contributed by atoms with Crippen LogP contribution in [0.4, 0.5) is 0 Å². The lowest BCUT2D eigenvalue weighted by Crippen LogP contribution is -2.27. The lowest BCUT2D eigenvalue weighted by atomic mass is 10.2. The fraction of sp³-hybridized carbons (Fsp3) is 1.00. The van der Waals surface area contributed by atoms with Gasteiger partial charge < -0.3 is 0 Å². The molecule has 0 bridgehead atoms. The summed E-state index contributed by atoms with van der Waals surface area (Å²) in [5, 5.41) is 0. The Labute approximate surface area is 135 Å². The molecule has 0 amide bonds. The summed E-state index contributed by atoms with van der Waals surface area (Å²) in [5.74, 6) is -1.14. The molecule has 0 heterocycles. The van der Waals surface area contributed by atoms with Gasteiger partial charge in [-0.25, -0.2) is 0 Å². The Morgan fingerprint density at radius 2 is 1.00 bits per heavy atom. The minimum absolute atomic E-state index is 0.387. The van der Waals surface area contributed by atoms with Gasteiger partial charge in [0.1, 0.15) is 0 Å². The molecule has 2 atom stereocenters. The van der Waals surface area contributed by atoms with Gasteiger partial charge in [-0.15, -0.1) is 0 Å². The summed E-state index contributed by atoms with van der Waals surface area (Å²) in [6.07, 6.45) is 3.26. The van der Waals surface area contributed by atoms with Crippen molar-refractivity contribution in [3.63, 3.8) is 0 Å². The van der Waals surface area contributed by atoms with Crippen LogP contribution in [-0.4, -0.2) is 40.5 Å². The van der Waals surface area contributed by atoms with Crippen LogP contribution in [0.1, 0.15) is 66.2 Å². The molecule has 0 saturated carbocycles. The van der Waals surface area contributed by atoms with Crippen LogP contribution in [0.5, 0.6) is 0 Å². The van der Waals surface area contributed by atoms with Gasteiger partial charge in [0.25, 0.3) is 20.2 Å². The van der Waals surface area contributed by atoms with E-state index in [9.17, 15) is 16.8 Å². The average molecular weight is 359 g/mol. The smallest absolute Gasteiger partial charge is 0.267 e. The lowest BCUT2D eigenvalue weighted by Gasteiger charge is -2.16. The second kappa shape index (κ2) is 10.6. The van der Waals surface area contributed by atoms with Crippen molar-refractivity contribution in [3.8, 4) is 0 Å². The first-order valence-corrected chi connectivity index (χ1v) is 11.2. The maximum Gasteiger partial charge on any atom is 0.268 e. The number of hydrogen-bond acceptors (Lipinski definition) is 6. The molecule has 22 heavy (non-hydrogen) atoms. The lowest BCUT2D eigenvalue weighted by molar-refractivity contribution is 0.189. The van der Waals surface area contributed by atoms with Gasteiger partial charge >= 0.3 is 0 Å². The second-order valence-corrected chi connectivity index (χ2v) is 8.79. The molecule has 0 aliphatic rings. The van der Waals surface area contributed by atoms with Crippen LogP contribution in [0.15, 0.2) is 0 Å². The predicted molar refractivity (Wildman–Crippen MR) is 87.7 cm³/mol. The van der Waals surface area contributed by atoms with Crippen molar-refractivity contribution in [3.05, 3.63) is 0 Å². The molecule has 6 nitrogen and oxygen atoms in total. The van der Waals surface area contributed by atoms with Gasteiger partial charge in [0.2, 0.25) is 0 Å². The topological polar surface area (TPSA) is 86.7 Å². The van der Waals surface area contributed by atoms with Crippen molar-refractivity contribution in [2.75, 3.05) is 11.5 Å². The standard InChI is InChI=1S/C14H30O6S2/c1-5-9-13(7-3)19-21(15,16)11-12-22(17,18)20-14(8-4)10-6-2/h13-14H,5-12H2,1-4H3. The maximum absolute atomic E-state index is 11.9. The molecule has 0 aromatic heterocycles. The quantitative estimate of drug-likeness (QED) is 0.471. The summed E-state index contributed by atoms with van der Waals surface area (Å²) in [5.41, 5.74) is 0. The molecule has 0 aliphatic carbocycles. The molecule has 0 N–H and O–H groups in total. The van der Waals surface area contributed by atoms with Crippen molar-refractivity contribution >= 4 is 20.2 Å². The molecular weight excluding hydrogens is 328 g/mol. The van der Waals surface area contributed by atoms with E-state index in [4.69, 9.17) is 8.37 Å². The summed E-state index contributed by atoms with van der Waals surface area (Å²) >= 11 is 0. The van der Waals surface area contributed by atoms with Crippen molar-refractivity contribution < 1.29 is 25.2 Å². The third-order valence-corrected chi connectivity index (χ3v) is 6.08. The average Bonchev–Trinajstić information content (AvgIpc) is 2.44. The molecule has 0 aromatic carbocycles. The van der Waals surface area contributed by atoms with Gasteiger partial charge in [0.15, 0.2) is 0 Å². The first kappa shape index (κ1) is 21.8. The normalized spacial score (nSPS) is 15.6. The molecule has 2 unspecified atom stereocenters. The zero-order valence-electron chi connectivity index (χ0n) is 14.1. The van der Waals surface area contributed by atoms with E-state index >= 15 is 0 Å². The van der Waals surface area contributed by atoms with Crippen LogP contribution in [-0.2, 0) is 28.6 Å². The minimum atomic E-state index is -3.86. The van der Waals surface area contributed by atoms with Gasteiger partial charge in [-0.2, -0.15) is 16.8 Å².